The number of aliphatic hydroxyl groups excluding tert-OH is 1. The van der Waals surface area contributed by atoms with E-state index in [0.717, 1.165) is 37.6 Å². The number of rotatable bonds is 2. The fourth-order valence-electron chi connectivity index (χ4n) is 5.56. The van der Waals surface area contributed by atoms with Gasteiger partial charge in [0.15, 0.2) is 0 Å². The average Bonchev–Trinajstić information content (AvgIpc) is 3.02. The summed E-state index contributed by atoms with van der Waals surface area (Å²) in [6.07, 6.45) is -4.19. The predicted octanol–water partition coefficient (Wildman–Crippen LogP) is 3.20. The van der Waals surface area contributed by atoms with Gasteiger partial charge in [-0.2, -0.15) is 13.2 Å². The number of piperidine rings is 1. The van der Waals surface area contributed by atoms with Crippen LogP contribution < -0.4 is 0 Å². The van der Waals surface area contributed by atoms with Crippen LogP contribution in [0.15, 0.2) is 18.2 Å². The second-order valence-corrected chi connectivity index (χ2v) is 9.43. The molecule has 1 amide bonds. The lowest BCUT2D eigenvalue weighted by Gasteiger charge is -2.52. The molecular weight excluding hydrogens is 411 g/mol. The molecule has 2 saturated heterocycles. The number of amides is 1. The molecule has 0 bridgehead atoms. The average molecular weight is 441 g/mol. The summed E-state index contributed by atoms with van der Waals surface area (Å²) in [7, 11) is 0. The van der Waals surface area contributed by atoms with Crippen molar-refractivity contribution in [3.8, 4) is 0 Å². The van der Waals surface area contributed by atoms with Gasteiger partial charge in [0.2, 0.25) is 0 Å². The van der Waals surface area contributed by atoms with Gasteiger partial charge in [0.05, 0.1) is 17.7 Å². The quantitative estimate of drug-likeness (QED) is 0.738. The summed E-state index contributed by atoms with van der Waals surface area (Å²) in [5, 5.41) is 19.9. The van der Waals surface area contributed by atoms with Crippen LogP contribution in [-0.4, -0.2) is 81.4 Å². The highest BCUT2D eigenvalue weighted by atomic mass is 19.4. The molecule has 1 aromatic rings. The third kappa shape index (κ3) is 4.15. The number of halogens is 3. The smallest absolute Gasteiger partial charge is 0.416 e. The van der Waals surface area contributed by atoms with Crippen LogP contribution in [0.1, 0.15) is 49.4 Å². The maximum atomic E-state index is 13.1. The van der Waals surface area contributed by atoms with Crippen molar-refractivity contribution >= 4 is 6.09 Å². The maximum absolute atomic E-state index is 13.1. The van der Waals surface area contributed by atoms with Crippen molar-refractivity contribution < 1.29 is 28.2 Å². The number of carboxylic acid groups (broad SMARTS) is 1. The molecule has 1 aliphatic carbocycles. The molecule has 2 aliphatic heterocycles. The van der Waals surface area contributed by atoms with E-state index in [9.17, 15) is 28.2 Å². The highest BCUT2D eigenvalue weighted by Crippen LogP contribution is 2.41. The lowest BCUT2D eigenvalue weighted by atomic mass is 9.86. The molecule has 0 aromatic heterocycles. The van der Waals surface area contributed by atoms with Gasteiger partial charge >= 0.3 is 12.3 Å². The Morgan fingerprint density at radius 2 is 1.84 bits per heavy atom. The van der Waals surface area contributed by atoms with Gasteiger partial charge in [0.1, 0.15) is 0 Å². The van der Waals surface area contributed by atoms with Gasteiger partial charge < -0.3 is 15.1 Å². The van der Waals surface area contributed by atoms with Crippen LogP contribution in [-0.2, 0) is 12.6 Å². The minimum Gasteiger partial charge on any atom is -0.465 e. The number of piperazine rings is 1. The topological polar surface area (TPSA) is 67.2 Å². The summed E-state index contributed by atoms with van der Waals surface area (Å²) < 4.78 is 39.2. The van der Waals surface area contributed by atoms with Gasteiger partial charge in [-0.05, 0) is 49.9 Å². The normalized spacial score (nSPS) is 29.7. The van der Waals surface area contributed by atoms with Crippen molar-refractivity contribution in [1.29, 1.82) is 0 Å². The molecule has 1 aromatic carbocycles. The van der Waals surface area contributed by atoms with E-state index in [0.29, 0.717) is 25.2 Å². The first kappa shape index (κ1) is 22.4. The van der Waals surface area contributed by atoms with Gasteiger partial charge in [0, 0.05) is 50.7 Å². The minimum atomic E-state index is -4.39. The van der Waals surface area contributed by atoms with Crippen molar-refractivity contribution in [2.75, 3.05) is 32.7 Å². The Labute approximate surface area is 180 Å². The van der Waals surface area contributed by atoms with E-state index in [1.165, 1.54) is 17.0 Å². The Hall–Kier alpha value is -1.84. The van der Waals surface area contributed by atoms with Crippen LogP contribution >= 0.6 is 0 Å². The predicted molar refractivity (Wildman–Crippen MR) is 109 cm³/mol. The highest BCUT2D eigenvalue weighted by molar-refractivity contribution is 5.65. The molecule has 2 N–H and O–H groups in total. The Balaban J connectivity index is 1.46. The van der Waals surface area contributed by atoms with Gasteiger partial charge in [0.25, 0.3) is 0 Å². The number of likely N-dealkylation sites (tertiary alicyclic amines) is 1. The fraction of sp³-hybridized carbons (Fsp3) is 0.682. The number of benzene rings is 1. The first-order valence-electron chi connectivity index (χ1n) is 10.9. The van der Waals surface area contributed by atoms with Gasteiger partial charge in [-0.15, -0.1) is 0 Å². The third-order valence-electron chi connectivity index (χ3n) is 7.49. The maximum Gasteiger partial charge on any atom is 0.416 e. The molecule has 0 radical (unpaired) electrons. The van der Waals surface area contributed by atoms with Crippen LogP contribution in [0, 0.1) is 0 Å². The van der Waals surface area contributed by atoms with E-state index in [1.807, 2.05) is 0 Å². The van der Waals surface area contributed by atoms with Crippen LogP contribution in [0.4, 0.5) is 18.0 Å². The fourth-order valence-corrected chi connectivity index (χ4v) is 5.56. The minimum absolute atomic E-state index is 0.0693. The molecule has 31 heavy (non-hydrogen) atoms. The van der Waals surface area contributed by atoms with E-state index in [1.54, 1.807) is 0 Å². The van der Waals surface area contributed by atoms with Gasteiger partial charge in [-0.1, -0.05) is 6.07 Å². The summed E-state index contributed by atoms with van der Waals surface area (Å²) in [5.41, 5.74) is 0.634. The zero-order valence-electron chi connectivity index (χ0n) is 17.9. The van der Waals surface area contributed by atoms with E-state index < -0.39 is 23.9 Å². The van der Waals surface area contributed by atoms with Crippen molar-refractivity contribution in [2.24, 2.45) is 0 Å². The number of hydrogen-bond acceptors (Lipinski definition) is 4. The summed E-state index contributed by atoms with van der Waals surface area (Å²) in [6, 6.07) is 3.65. The molecule has 3 atom stereocenters. The molecule has 0 spiro atoms. The standard InChI is InChI=1S/C22H30F3N3O3/c1-14-13-27(21(2)5-7-26(8-6-21)20(30)31)9-10-28(14)19-17-4-3-16(22(23,24)25)11-15(17)12-18(19)29/h3-4,11,14,18-19,29H,5-10,12-13H2,1-2H3,(H,30,31)/t14-,18+,19+/m0/s1. The number of aliphatic hydroxyl groups is 1. The molecule has 0 unspecified atom stereocenters. The number of hydrogen-bond donors (Lipinski definition) is 2. The van der Waals surface area contributed by atoms with Gasteiger partial charge in [-0.25, -0.2) is 4.79 Å². The zero-order valence-corrected chi connectivity index (χ0v) is 17.9. The molecule has 9 heteroatoms. The van der Waals surface area contributed by atoms with E-state index in [2.05, 4.69) is 23.6 Å². The highest BCUT2D eigenvalue weighted by Gasteiger charge is 2.44. The third-order valence-corrected chi connectivity index (χ3v) is 7.49. The first-order chi connectivity index (χ1) is 14.5. The van der Waals surface area contributed by atoms with Crippen LogP contribution in [0.5, 0.6) is 0 Å². The monoisotopic (exact) mass is 441 g/mol. The summed E-state index contributed by atoms with van der Waals surface area (Å²) in [5.74, 6) is 0. The second kappa shape index (κ2) is 7.94. The van der Waals surface area contributed by atoms with E-state index in [-0.39, 0.29) is 24.0 Å². The molecule has 4 rings (SSSR count). The van der Waals surface area contributed by atoms with Crippen LogP contribution in [0.3, 0.4) is 0 Å². The molecule has 0 saturated carbocycles. The number of nitrogens with zero attached hydrogens (tertiary/aromatic N) is 3. The molecule has 3 aliphatic rings. The van der Waals surface area contributed by atoms with Crippen molar-refractivity contribution in [3.63, 3.8) is 0 Å². The largest absolute Gasteiger partial charge is 0.465 e. The van der Waals surface area contributed by atoms with Crippen molar-refractivity contribution in [2.45, 2.75) is 63.0 Å². The van der Waals surface area contributed by atoms with E-state index in [4.69, 9.17) is 0 Å². The zero-order chi connectivity index (χ0) is 22.6. The first-order valence-corrected chi connectivity index (χ1v) is 10.9. The molecule has 6 nitrogen and oxygen atoms in total. The van der Waals surface area contributed by atoms with Crippen LogP contribution in [0.25, 0.3) is 0 Å². The molecule has 2 fully saturated rings. The van der Waals surface area contributed by atoms with Crippen molar-refractivity contribution in [3.05, 3.63) is 34.9 Å². The molecule has 2 heterocycles. The summed E-state index contributed by atoms with van der Waals surface area (Å²) >= 11 is 0. The Bertz CT molecular complexity index is 839. The number of alkyl halides is 3. The summed E-state index contributed by atoms with van der Waals surface area (Å²) in [4.78, 5) is 17.3. The Morgan fingerprint density at radius 1 is 1.16 bits per heavy atom. The Morgan fingerprint density at radius 3 is 2.42 bits per heavy atom. The van der Waals surface area contributed by atoms with Gasteiger partial charge in [-0.3, -0.25) is 9.80 Å². The van der Waals surface area contributed by atoms with Crippen LogP contribution in [0.2, 0.25) is 0 Å². The second-order valence-electron chi connectivity index (χ2n) is 9.43. The van der Waals surface area contributed by atoms with Crippen molar-refractivity contribution in [1.82, 2.24) is 14.7 Å². The molecular formula is C22H30F3N3O3. The lowest BCUT2D eigenvalue weighted by molar-refractivity contribution is -0.137. The Kier molecular flexibility index (Phi) is 5.72. The van der Waals surface area contributed by atoms with E-state index >= 15 is 0 Å². The SMILES string of the molecule is C[C@H]1CN(C2(C)CCN(C(=O)O)CC2)CCN1[C@@H]1c2ccc(C(F)(F)F)cc2C[C@H]1O. The lowest BCUT2D eigenvalue weighted by Crippen LogP contribution is -2.62. The number of fused-ring (bicyclic) bond motifs is 1. The number of carbonyl (C=O) groups is 1. The summed E-state index contributed by atoms with van der Waals surface area (Å²) in [6.45, 7) is 7.61. The molecule has 172 valence electrons.